The van der Waals surface area contributed by atoms with E-state index in [4.69, 9.17) is 14.2 Å². The predicted molar refractivity (Wildman–Crippen MR) is 102 cm³/mol. The minimum absolute atomic E-state index is 0.0656. The second-order valence-corrected chi connectivity index (χ2v) is 5.87. The number of Topliss-reactive ketones (excluding diaryl/α,β-unsaturated/α-hetero) is 1. The van der Waals surface area contributed by atoms with Crippen LogP contribution in [-0.2, 0) is 11.2 Å². The highest BCUT2D eigenvalue weighted by Gasteiger charge is 2.19. The molecule has 28 heavy (non-hydrogen) atoms. The fraction of sp³-hybridized carbons (Fsp3) is 0.250. The second-order valence-electron chi connectivity index (χ2n) is 5.87. The molecule has 0 heterocycles. The van der Waals surface area contributed by atoms with Crippen LogP contribution in [0.3, 0.4) is 0 Å². The fourth-order valence-corrected chi connectivity index (χ4v) is 2.68. The monoisotopic (exact) mass is 387 g/mol. The summed E-state index contributed by atoms with van der Waals surface area (Å²) in [5.74, 6) is -0.915. The van der Waals surface area contributed by atoms with Gasteiger partial charge in [0.05, 0.1) is 39.0 Å². The highest BCUT2D eigenvalue weighted by Crippen LogP contribution is 2.37. The first kappa shape index (κ1) is 20.8. The number of nitrogens with one attached hydrogen (secondary N) is 1. The van der Waals surface area contributed by atoms with Gasteiger partial charge in [-0.15, -0.1) is 0 Å². The molecule has 8 nitrogen and oxygen atoms in total. The van der Waals surface area contributed by atoms with Crippen molar-refractivity contribution in [1.29, 1.82) is 0 Å². The molecule has 148 valence electrons. The van der Waals surface area contributed by atoms with Gasteiger partial charge in [-0.25, -0.2) is 4.79 Å². The topological polar surface area (TPSA) is 111 Å². The molecular formula is C20H21NO7. The van der Waals surface area contributed by atoms with Crippen LogP contribution in [0.25, 0.3) is 0 Å². The first-order chi connectivity index (χ1) is 13.3. The quantitative estimate of drug-likeness (QED) is 0.670. The maximum Gasteiger partial charge on any atom is 0.335 e. The number of aromatic carboxylic acids is 1. The van der Waals surface area contributed by atoms with Gasteiger partial charge in [0.15, 0.2) is 17.3 Å². The molecule has 0 aromatic heterocycles. The Bertz CT molecular complexity index is 921. The summed E-state index contributed by atoms with van der Waals surface area (Å²) in [6.45, 7) is 1.43. The largest absolute Gasteiger partial charge is 0.496 e. The Labute approximate surface area is 162 Å². The fourth-order valence-electron chi connectivity index (χ4n) is 2.68. The summed E-state index contributed by atoms with van der Waals surface area (Å²) in [7, 11) is 4.22. The van der Waals surface area contributed by atoms with E-state index in [-0.39, 0.29) is 35.0 Å². The molecule has 0 aliphatic carbocycles. The molecule has 0 unspecified atom stereocenters. The highest BCUT2D eigenvalue weighted by molar-refractivity contribution is 5.98. The van der Waals surface area contributed by atoms with Crippen molar-refractivity contribution in [1.82, 2.24) is 0 Å². The van der Waals surface area contributed by atoms with Crippen molar-refractivity contribution >= 4 is 23.3 Å². The lowest BCUT2D eigenvalue weighted by molar-refractivity contribution is -0.115. The Kier molecular flexibility index (Phi) is 6.59. The number of rotatable bonds is 8. The highest BCUT2D eigenvalue weighted by atomic mass is 16.5. The average molecular weight is 387 g/mol. The minimum atomic E-state index is -1.17. The normalized spacial score (nSPS) is 10.1. The van der Waals surface area contributed by atoms with Crippen LogP contribution >= 0.6 is 0 Å². The first-order valence-electron chi connectivity index (χ1n) is 8.27. The minimum Gasteiger partial charge on any atom is -0.496 e. The van der Waals surface area contributed by atoms with Crippen LogP contribution in [0.4, 0.5) is 5.69 Å². The molecule has 1 amide bonds. The van der Waals surface area contributed by atoms with Gasteiger partial charge in [0.1, 0.15) is 5.75 Å². The van der Waals surface area contributed by atoms with Gasteiger partial charge in [0, 0.05) is 11.1 Å². The molecule has 0 aliphatic heterocycles. The van der Waals surface area contributed by atoms with Gasteiger partial charge in [-0.2, -0.15) is 0 Å². The number of ether oxygens (including phenoxy) is 3. The van der Waals surface area contributed by atoms with Crippen LogP contribution in [-0.4, -0.2) is 44.1 Å². The zero-order chi connectivity index (χ0) is 20.8. The molecule has 2 aromatic rings. The maximum absolute atomic E-state index is 12.6. The van der Waals surface area contributed by atoms with Crippen LogP contribution in [0.2, 0.25) is 0 Å². The van der Waals surface area contributed by atoms with E-state index in [1.807, 2.05) is 0 Å². The molecule has 2 N–H and O–H groups in total. The molecule has 0 fully saturated rings. The van der Waals surface area contributed by atoms with E-state index >= 15 is 0 Å². The van der Waals surface area contributed by atoms with Gasteiger partial charge in [-0.3, -0.25) is 9.59 Å². The number of carboxylic acids is 1. The zero-order valence-electron chi connectivity index (χ0n) is 16.0. The number of hydrogen-bond acceptors (Lipinski definition) is 6. The van der Waals surface area contributed by atoms with Gasteiger partial charge in [0.25, 0.3) is 0 Å². The Balaban J connectivity index is 2.35. The molecule has 8 heteroatoms. The van der Waals surface area contributed by atoms with Crippen molar-refractivity contribution in [2.45, 2.75) is 13.3 Å². The number of hydrogen-bond donors (Lipinski definition) is 2. The third kappa shape index (κ3) is 4.59. The van der Waals surface area contributed by atoms with Crippen molar-refractivity contribution in [2.24, 2.45) is 0 Å². The van der Waals surface area contributed by atoms with E-state index < -0.39 is 11.9 Å². The zero-order valence-corrected chi connectivity index (χ0v) is 16.0. The first-order valence-corrected chi connectivity index (χ1v) is 8.27. The molecule has 0 spiro atoms. The Morgan fingerprint density at radius 1 is 0.929 bits per heavy atom. The van der Waals surface area contributed by atoms with Crippen molar-refractivity contribution in [3.63, 3.8) is 0 Å². The van der Waals surface area contributed by atoms with Gasteiger partial charge in [0.2, 0.25) is 5.91 Å². The van der Waals surface area contributed by atoms with Crippen molar-refractivity contribution in [2.75, 3.05) is 26.6 Å². The van der Waals surface area contributed by atoms with Crippen LogP contribution in [0.1, 0.15) is 33.2 Å². The van der Waals surface area contributed by atoms with E-state index in [1.165, 1.54) is 40.4 Å². The molecule has 0 aliphatic rings. The van der Waals surface area contributed by atoms with E-state index in [0.717, 1.165) is 0 Å². The Morgan fingerprint density at radius 2 is 1.61 bits per heavy atom. The number of carbonyl (C=O) groups is 3. The number of anilines is 1. The lowest BCUT2D eigenvalue weighted by Gasteiger charge is -2.15. The number of amides is 1. The number of methoxy groups -OCH3 is 3. The van der Waals surface area contributed by atoms with Crippen molar-refractivity contribution in [3.05, 3.63) is 47.0 Å². The van der Waals surface area contributed by atoms with Crippen LogP contribution in [0.15, 0.2) is 30.3 Å². The summed E-state index contributed by atoms with van der Waals surface area (Å²) in [5, 5.41) is 11.9. The van der Waals surface area contributed by atoms with Crippen LogP contribution in [0, 0.1) is 0 Å². The molecular weight excluding hydrogens is 366 g/mol. The molecule has 0 radical (unpaired) electrons. The summed E-state index contributed by atoms with van der Waals surface area (Å²) in [6, 6.07) is 7.41. The molecule has 0 saturated heterocycles. The van der Waals surface area contributed by atoms with E-state index in [9.17, 15) is 19.5 Å². The molecule has 0 bridgehead atoms. The summed E-state index contributed by atoms with van der Waals surface area (Å²) in [4.78, 5) is 35.5. The summed E-state index contributed by atoms with van der Waals surface area (Å²) >= 11 is 0. The van der Waals surface area contributed by atoms with Gasteiger partial charge < -0.3 is 24.6 Å². The number of carboxylic acid groups (broad SMARTS) is 1. The lowest BCUT2D eigenvalue weighted by Crippen LogP contribution is -2.16. The van der Waals surface area contributed by atoms with Gasteiger partial charge in [-0.05, 0) is 37.3 Å². The van der Waals surface area contributed by atoms with E-state index in [0.29, 0.717) is 16.9 Å². The SMILES string of the molecule is COc1ccc(C(C)=O)cc1CC(=O)Nc1cc(C(=O)O)cc(OC)c1OC. The summed E-state index contributed by atoms with van der Waals surface area (Å²) < 4.78 is 15.6. The summed E-state index contributed by atoms with van der Waals surface area (Å²) in [5.41, 5.74) is 1.07. The van der Waals surface area contributed by atoms with Gasteiger partial charge in [-0.1, -0.05) is 0 Å². The molecule has 0 saturated carbocycles. The standard InChI is InChI=1S/C20H21NO7/c1-11(22)12-5-6-16(26-2)13(7-12)10-18(23)21-15-8-14(20(24)25)9-17(27-3)19(15)28-4/h5-9H,10H2,1-4H3,(H,21,23)(H,24,25). The second kappa shape index (κ2) is 8.90. The molecule has 2 aromatic carbocycles. The number of carbonyl (C=O) groups excluding carboxylic acids is 2. The smallest absolute Gasteiger partial charge is 0.335 e. The lowest BCUT2D eigenvalue weighted by atomic mass is 10.0. The van der Waals surface area contributed by atoms with Crippen LogP contribution < -0.4 is 19.5 Å². The third-order valence-corrected chi connectivity index (χ3v) is 4.04. The molecule has 2 rings (SSSR count). The number of benzene rings is 2. The van der Waals surface area contributed by atoms with Gasteiger partial charge >= 0.3 is 5.97 Å². The van der Waals surface area contributed by atoms with Crippen molar-refractivity contribution in [3.8, 4) is 17.2 Å². The third-order valence-electron chi connectivity index (χ3n) is 4.04. The Hall–Kier alpha value is -3.55. The maximum atomic E-state index is 12.6. The average Bonchev–Trinajstić information content (AvgIpc) is 2.66. The van der Waals surface area contributed by atoms with Crippen LogP contribution in [0.5, 0.6) is 17.2 Å². The summed E-state index contributed by atoms with van der Waals surface area (Å²) in [6.07, 6.45) is -0.0902. The van der Waals surface area contributed by atoms with E-state index in [2.05, 4.69) is 5.32 Å². The number of ketones is 1. The van der Waals surface area contributed by atoms with Crippen molar-refractivity contribution < 1.29 is 33.7 Å². The van der Waals surface area contributed by atoms with E-state index in [1.54, 1.807) is 18.2 Å². The molecule has 0 atom stereocenters. The predicted octanol–water partition coefficient (Wildman–Crippen LogP) is 2.79. The Morgan fingerprint density at radius 3 is 2.14 bits per heavy atom.